The number of carbonyl (C=O) groups excluding carboxylic acids is 1. The maximum atomic E-state index is 10.7. The lowest BCUT2D eigenvalue weighted by atomic mass is 9.97. The highest BCUT2D eigenvalue weighted by atomic mass is 16.3. The lowest BCUT2D eigenvalue weighted by molar-refractivity contribution is -0.130. The first-order chi connectivity index (χ1) is 4.24. The molecule has 1 fully saturated rings. The summed E-state index contributed by atoms with van der Waals surface area (Å²) in [6.07, 6.45) is 0. The number of nitrogens with zero attached hydrogens (tertiary/aromatic N) is 1. The predicted molar refractivity (Wildman–Crippen MR) is 33.1 cm³/mol. The van der Waals surface area contributed by atoms with Gasteiger partial charge in [-0.3, -0.25) is 4.79 Å². The number of likely N-dealkylation sites (tertiary alicyclic amines) is 1. The van der Waals surface area contributed by atoms with E-state index in [-0.39, 0.29) is 18.3 Å². The lowest BCUT2D eigenvalue weighted by Crippen LogP contribution is -2.48. The van der Waals surface area contributed by atoms with E-state index in [1.807, 2.05) is 7.05 Å². The molecule has 1 aliphatic rings. The molecule has 3 nitrogen and oxygen atoms in total. The van der Waals surface area contributed by atoms with Crippen molar-refractivity contribution in [3.63, 3.8) is 0 Å². The fourth-order valence-electron chi connectivity index (χ4n) is 1.03. The summed E-state index contributed by atoms with van der Waals surface area (Å²) in [6, 6.07) is 0. The van der Waals surface area contributed by atoms with E-state index in [0.717, 1.165) is 13.1 Å². The van der Waals surface area contributed by atoms with Crippen molar-refractivity contribution < 1.29 is 9.90 Å². The Kier molecular flexibility index (Phi) is 1.83. The summed E-state index contributed by atoms with van der Waals surface area (Å²) in [5.74, 6) is 0.0908. The molecule has 1 saturated heterocycles. The van der Waals surface area contributed by atoms with Crippen LogP contribution >= 0.6 is 0 Å². The van der Waals surface area contributed by atoms with Crippen LogP contribution in [-0.4, -0.2) is 42.5 Å². The average Bonchev–Trinajstić information content (AvgIpc) is 1.79. The number of rotatable bonds is 2. The van der Waals surface area contributed by atoms with Gasteiger partial charge < -0.3 is 10.0 Å². The first-order valence-corrected chi connectivity index (χ1v) is 3.06. The minimum absolute atomic E-state index is 0.0203. The van der Waals surface area contributed by atoms with Crippen molar-refractivity contribution in [1.29, 1.82) is 0 Å². The van der Waals surface area contributed by atoms with Gasteiger partial charge in [-0.25, -0.2) is 0 Å². The third kappa shape index (κ3) is 1.28. The van der Waals surface area contributed by atoms with Gasteiger partial charge in [0.15, 0.2) is 5.78 Å². The van der Waals surface area contributed by atoms with E-state index in [2.05, 4.69) is 4.90 Å². The zero-order valence-electron chi connectivity index (χ0n) is 5.50. The third-order valence-corrected chi connectivity index (χ3v) is 1.68. The number of aliphatic hydroxyl groups is 1. The molecule has 1 aliphatic heterocycles. The summed E-state index contributed by atoms with van der Waals surface area (Å²) in [6.45, 7) is 1.34. The lowest BCUT2D eigenvalue weighted by Gasteiger charge is -2.34. The highest BCUT2D eigenvalue weighted by Gasteiger charge is 2.28. The van der Waals surface area contributed by atoms with Crippen molar-refractivity contribution in [2.75, 3.05) is 26.7 Å². The minimum atomic E-state index is -0.293. The second kappa shape index (κ2) is 2.45. The topological polar surface area (TPSA) is 40.5 Å². The Bertz CT molecular complexity index is 118. The first kappa shape index (κ1) is 6.71. The van der Waals surface area contributed by atoms with Crippen LogP contribution in [0.4, 0.5) is 0 Å². The normalized spacial score (nSPS) is 21.6. The average molecular weight is 129 g/mol. The zero-order valence-corrected chi connectivity index (χ0v) is 5.50. The van der Waals surface area contributed by atoms with Crippen molar-refractivity contribution in [2.45, 2.75) is 0 Å². The molecule has 0 saturated carbocycles. The number of hydrogen-bond acceptors (Lipinski definition) is 3. The standard InChI is InChI=1S/C6H11NO2/c1-7-2-5(3-7)6(9)4-8/h5,8H,2-4H2,1H3. The van der Waals surface area contributed by atoms with E-state index in [1.165, 1.54) is 0 Å². The molecule has 1 heterocycles. The zero-order chi connectivity index (χ0) is 6.85. The molecule has 0 aromatic carbocycles. The third-order valence-electron chi connectivity index (χ3n) is 1.68. The Morgan fingerprint density at radius 1 is 1.78 bits per heavy atom. The molecule has 3 heteroatoms. The summed E-state index contributed by atoms with van der Waals surface area (Å²) in [5, 5.41) is 8.39. The smallest absolute Gasteiger partial charge is 0.163 e. The number of carbonyl (C=O) groups is 1. The molecule has 9 heavy (non-hydrogen) atoms. The van der Waals surface area contributed by atoms with Gasteiger partial charge in [-0.05, 0) is 7.05 Å². The number of ketones is 1. The Balaban J connectivity index is 2.23. The number of hydrogen-bond donors (Lipinski definition) is 1. The molecule has 1 rings (SSSR count). The summed E-state index contributed by atoms with van der Waals surface area (Å²) < 4.78 is 0. The molecule has 0 aromatic rings. The SMILES string of the molecule is CN1CC(C(=O)CO)C1. The Labute approximate surface area is 54.3 Å². The maximum absolute atomic E-state index is 10.7. The van der Waals surface area contributed by atoms with E-state index >= 15 is 0 Å². The van der Waals surface area contributed by atoms with Crippen molar-refractivity contribution in [3.8, 4) is 0 Å². The Hall–Kier alpha value is -0.410. The van der Waals surface area contributed by atoms with Crippen molar-refractivity contribution in [2.24, 2.45) is 5.92 Å². The van der Waals surface area contributed by atoms with Crippen LogP contribution < -0.4 is 0 Å². The van der Waals surface area contributed by atoms with Gasteiger partial charge in [0, 0.05) is 19.0 Å². The van der Waals surface area contributed by atoms with Crippen molar-refractivity contribution in [1.82, 2.24) is 4.90 Å². The maximum Gasteiger partial charge on any atom is 0.163 e. The van der Waals surface area contributed by atoms with Crippen LogP contribution in [0.5, 0.6) is 0 Å². The van der Waals surface area contributed by atoms with Crippen molar-refractivity contribution in [3.05, 3.63) is 0 Å². The Morgan fingerprint density at radius 2 is 2.33 bits per heavy atom. The largest absolute Gasteiger partial charge is 0.389 e. The molecule has 0 aliphatic carbocycles. The van der Waals surface area contributed by atoms with Gasteiger partial charge in [-0.1, -0.05) is 0 Å². The quantitative estimate of drug-likeness (QED) is 0.526. The second-order valence-corrected chi connectivity index (χ2v) is 2.54. The number of aliphatic hydroxyl groups excluding tert-OH is 1. The Morgan fingerprint density at radius 3 is 2.67 bits per heavy atom. The fourth-order valence-corrected chi connectivity index (χ4v) is 1.03. The molecule has 0 unspecified atom stereocenters. The molecular weight excluding hydrogens is 118 g/mol. The van der Waals surface area contributed by atoms with E-state index in [4.69, 9.17) is 5.11 Å². The number of Topliss-reactive ketones (excluding diaryl/α,β-unsaturated/α-hetero) is 1. The highest BCUT2D eigenvalue weighted by molar-refractivity contribution is 5.83. The summed E-state index contributed by atoms with van der Waals surface area (Å²) in [7, 11) is 1.96. The molecular formula is C6H11NO2. The summed E-state index contributed by atoms with van der Waals surface area (Å²) >= 11 is 0. The van der Waals surface area contributed by atoms with Gasteiger partial charge in [0.25, 0.3) is 0 Å². The molecule has 0 atom stereocenters. The second-order valence-electron chi connectivity index (χ2n) is 2.54. The van der Waals surface area contributed by atoms with Crippen LogP contribution in [0.15, 0.2) is 0 Å². The molecule has 1 N–H and O–H groups in total. The van der Waals surface area contributed by atoms with Gasteiger partial charge >= 0.3 is 0 Å². The van der Waals surface area contributed by atoms with Crippen LogP contribution in [0.2, 0.25) is 0 Å². The van der Waals surface area contributed by atoms with E-state index in [1.54, 1.807) is 0 Å². The van der Waals surface area contributed by atoms with Crippen molar-refractivity contribution >= 4 is 5.78 Å². The minimum Gasteiger partial charge on any atom is -0.389 e. The van der Waals surface area contributed by atoms with Gasteiger partial charge in [0.2, 0.25) is 0 Å². The molecule has 0 bridgehead atoms. The molecule has 0 amide bonds. The van der Waals surface area contributed by atoms with Crippen LogP contribution in [0, 0.1) is 5.92 Å². The highest BCUT2D eigenvalue weighted by Crippen LogP contribution is 2.12. The predicted octanol–water partition coefficient (Wildman–Crippen LogP) is -0.891. The van der Waals surface area contributed by atoms with Crippen LogP contribution in [0.1, 0.15) is 0 Å². The van der Waals surface area contributed by atoms with Crippen LogP contribution in [0.25, 0.3) is 0 Å². The van der Waals surface area contributed by atoms with Gasteiger partial charge in [-0.15, -0.1) is 0 Å². The summed E-state index contributed by atoms with van der Waals surface area (Å²) in [4.78, 5) is 12.7. The first-order valence-electron chi connectivity index (χ1n) is 3.06. The molecule has 0 spiro atoms. The van der Waals surface area contributed by atoms with Gasteiger partial charge in [0.1, 0.15) is 6.61 Å². The molecule has 0 aromatic heterocycles. The molecule has 52 valence electrons. The molecule has 0 radical (unpaired) electrons. The van der Waals surface area contributed by atoms with E-state index < -0.39 is 0 Å². The monoisotopic (exact) mass is 129 g/mol. The van der Waals surface area contributed by atoms with Crippen LogP contribution in [-0.2, 0) is 4.79 Å². The van der Waals surface area contributed by atoms with Gasteiger partial charge in [-0.2, -0.15) is 0 Å². The van der Waals surface area contributed by atoms with E-state index in [9.17, 15) is 4.79 Å². The fraction of sp³-hybridized carbons (Fsp3) is 0.833. The van der Waals surface area contributed by atoms with Gasteiger partial charge in [0.05, 0.1) is 0 Å². The van der Waals surface area contributed by atoms with E-state index in [0.29, 0.717) is 0 Å². The van der Waals surface area contributed by atoms with Crippen LogP contribution in [0.3, 0.4) is 0 Å². The summed E-state index contributed by atoms with van der Waals surface area (Å²) in [5.41, 5.74) is 0.